The van der Waals surface area contributed by atoms with E-state index in [1.165, 1.54) is 0 Å². The molecule has 1 saturated heterocycles. The predicted octanol–water partition coefficient (Wildman–Crippen LogP) is 0.0869. The fourth-order valence-electron chi connectivity index (χ4n) is 2.42. The van der Waals surface area contributed by atoms with E-state index in [1.807, 2.05) is 37.4 Å². The Morgan fingerprint density at radius 1 is 1.35 bits per heavy atom. The second-order valence-corrected chi connectivity index (χ2v) is 4.71. The molecule has 1 fully saturated rings. The molecule has 1 aliphatic heterocycles. The van der Waals surface area contributed by atoms with Gasteiger partial charge >= 0.3 is 0 Å². The molecule has 1 unspecified atom stereocenters. The minimum atomic E-state index is 0.238. The molecule has 7 nitrogen and oxygen atoms in total. The Bertz CT molecular complexity index is 541. The van der Waals surface area contributed by atoms with Crippen LogP contribution in [0.3, 0.4) is 0 Å². The molecule has 20 heavy (non-hydrogen) atoms. The molecule has 106 valence electrons. The van der Waals surface area contributed by atoms with Crippen molar-refractivity contribution < 1.29 is 4.74 Å². The number of likely N-dealkylation sites (N-methyl/N-ethyl adjacent to an activating group) is 1. The first-order valence-corrected chi connectivity index (χ1v) is 6.73. The molecule has 1 atom stereocenters. The third-order valence-electron chi connectivity index (χ3n) is 3.38. The molecule has 1 aromatic carbocycles. The summed E-state index contributed by atoms with van der Waals surface area (Å²) in [7, 11) is 1.94. The van der Waals surface area contributed by atoms with Crippen LogP contribution in [0.4, 0.5) is 5.95 Å². The Hall–Kier alpha value is -1.99. The van der Waals surface area contributed by atoms with Crippen LogP contribution in [0.1, 0.15) is 0 Å². The summed E-state index contributed by atoms with van der Waals surface area (Å²) in [5, 5.41) is 15.3. The zero-order valence-electron chi connectivity index (χ0n) is 11.4. The number of aromatic nitrogens is 4. The maximum atomic E-state index is 5.55. The summed E-state index contributed by atoms with van der Waals surface area (Å²) in [6, 6.07) is 10.2. The molecule has 1 N–H and O–H groups in total. The quantitative estimate of drug-likeness (QED) is 0.852. The lowest BCUT2D eigenvalue weighted by Gasteiger charge is -2.35. The average molecular weight is 274 g/mol. The number of tetrazole rings is 1. The van der Waals surface area contributed by atoms with E-state index in [1.54, 1.807) is 4.68 Å². The summed E-state index contributed by atoms with van der Waals surface area (Å²) in [5.41, 5.74) is 0.960. The van der Waals surface area contributed by atoms with E-state index >= 15 is 0 Å². The number of para-hydroxylation sites is 1. The summed E-state index contributed by atoms with van der Waals surface area (Å²) in [6.07, 6.45) is 0. The van der Waals surface area contributed by atoms with Crippen molar-refractivity contribution in [1.82, 2.24) is 25.5 Å². The van der Waals surface area contributed by atoms with Crippen LogP contribution in [0.5, 0.6) is 0 Å². The number of morpholine rings is 1. The molecule has 2 aromatic rings. The molecule has 0 radical (unpaired) electrons. The fraction of sp³-hybridized carbons (Fsp3) is 0.462. The largest absolute Gasteiger partial charge is 0.377 e. The number of rotatable bonds is 4. The third kappa shape index (κ3) is 2.50. The van der Waals surface area contributed by atoms with Gasteiger partial charge in [-0.15, -0.1) is 0 Å². The Balaban J connectivity index is 1.92. The zero-order chi connectivity index (χ0) is 13.8. The first kappa shape index (κ1) is 13.0. The van der Waals surface area contributed by atoms with E-state index < -0.39 is 0 Å². The van der Waals surface area contributed by atoms with Crippen molar-refractivity contribution in [2.24, 2.45) is 0 Å². The predicted molar refractivity (Wildman–Crippen MR) is 75.0 cm³/mol. The Labute approximate surface area is 117 Å². The van der Waals surface area contributed by atoms with Crippen molar-refractivity contribution in [3.8, 4) is 5.69 Å². The first-order valence-electron chi connectivity index (χ1n) is 6.73. The van der Waals surface area contributed by atoms with Crippen molar-refractivity contribution in [2.75, 3.05) is 38.3 Å². The normalized spacial score (nSPS) is 19.2. The van der Waals surface area contributed by atoms with E-state index in [4.69, 9.17) is 4.74 Å². The minimum absolute atomic E-state index is 0.238. The zero-order valence-corrected chi connectivity index (χ0v) is 11.4. The lowest BCUT2D eigenvalue weighted by Crippen LogP contribution is -2.51. The van der Waals surface area contributed by atoms with Crippen LogP contribution in [0.25, 0.3) is 5.69 Å². The topological polar surface area (TPSA) is 68.1 Å². The summed E-state index contributed by atoms with van der Waals surface area (Å²) in [6.45, 7) is 3.01. The van der Waals surface area contributed by atoms with Gasteiger partial charge in [-0.3, -0.25) is 0 Å². The number of hydrogen-bond donors (Lipinski definition) is 1. The Morgan fingerprint density at radius 3 is 3.00 bits per heavy atom. The molecule has 0 amide bonds. The molecular weight excluding hydrogens is 256 g/mol. The lowest BCUT2D eigenvalue weighted by molar-refractivity contribution is 0.0932. The van der Waals surface area contributed by atoms with Crippen molar-refractivity contribution >= 4 is 5.95 Å². The van der Waals surface area contributed by atoms with Gasteiger partial charge in [-0.1, -0.05) is 23.3 Å². The maximum absolute atomic E-state index is 5.55. The van der Waals surface area contributed by atoms with E-state index in [9.17, 15) is 0 Å². The molecular formula is C13H18N6O. The van der Waals surface area contributed by atoms with Gasteiger partial charge in [-0.2, -0.15) is 4.68 Å². The van der Waals surface area contributed by atoms with Gasteiger partial charge in [0.15, 0.2) is 0 Å². The van der Waals surface area contributed by atoms with Crippen LogP contribution in [0.15, 0.2) is 30.3 Å². The van der Waals surface area contributed by atoms with Gasteiger partial charge in [0.2, 0.25) is 0 Å². The second-order valence-electron chi connectivity index (χ2n) is 4.71. The Kier molecular flexibility index (Phi) is 3.89. The summed E-state index contributed by atoms with van der Waals surface area (Å²) < 4.78 is 7.32. The van der Waals surface area contributed by atoms with Crippen molar-refractivity contribution in [3.05, 3.63) is 30.3 Å². The van der Waals surface area contributed by atoms with Crippen molar-refractivity contribution in [3.63, 3.8) is 0 Å². The molecule has 7 heteroatoms. The summed E-state index contributed by atoms with van der Waals surface area (Å²) in [4.78, 5) is 2.20. The van der Waals surface area contributed by atoms with E-state index in [0.29, 0.717) is 13.2 Å². The summed E-state index contributed by atoms with van der Waals surface area (Å²) >= 11 is 0. The van der Waals surface area contributed by atoms with E-state index in [-0.39, 0.29) is 6.04 Å². The minimum Gasteiger partial charge on any atom is -0.377 e. The maximum Gasteiger partial charge on any atom is 0.250 e. The number of benzene rings is 1. The van der Waals surface area contributed by atoms with Crippen LogP contribution < -0.4 is 10.2 Å². The van der Waals surface area contributed by atoms with Crippen LogP contribution in [-0.4, -0.2) is 59.6 Å². The molecule has 3 rings (SSSR count). The van der Waals surface area contributed by atoms with Crippen LogP contribution >= 0.6 is 0 Å². The number of hydrogen-bond acceptors (Lipinski definition) is 6. The number of ether oxygens (including phenoxy) is 1. The van der Waals surface area contributed by atoms with Gasteiger partial charge in [-0.25, -0.2) is 0 Å². The van der Waals surface area contributed by atoms with Gasteiger partial charge in [0.1, 0.15) is 0 Å². The molecule has 0 aliphatic carbocycles. The highest BCUT2D eigenvalue weighted by molar-refractivity contribution is 5.41. The van der Waals surface area contributed by atoms with Gasteiger partial charge in [-0.05, 0) is 29.6 Å². The summed E-state index contributed by atoms with van der Waals surface area (Å²) in [5.74, 6) is 0.764. The lowest BCUT2D eigenvalue weighted by atomic mass is 10.2. The SMILES string of the molecule is CNCC1COCCN1c1nnnn1-c1ccccc1. The van der Waals surface area contributed by atoms with Crippen molar-refractivity contribution in [1.29, 1.82) is 0 Å². The molecule has 0 spiro atoms. The molecule has 0 bridgehead atoms. The molecule has 1 aliphatic rings. The highest BCUT2D eigenvalue weighted by atomic mass is 16.5. The number of nitrogens with zero attached hydrogens (tertiary/aromatic N) is 5. The van der Waals surface area contributed by atoms with E-state index in [0.717, 1.165) is 24.7 Å². The molecule has 2 heterocycles. The monoisotopic (exact) mass is 274 g/mol. The van der Waals surface area contributed by atoms with Gasteiger partial charge < -0.3 is 15.0 Å². The second kappa shape index (κ2) is 5.98. The Morgan fingerprint density at radius 2 is 2.20 bits per heavy atom. The number of nitrogens with one attached hydrogen (secondary N) is 1. The van der Waals surface area contributed by atoms with Gasteiger partial charge in [0, 0.05) is 13.1 Å². The number of anilines is 1. The molecule has 1 aromatic heterocycles. The standard InChI is InChI=1S/C13H18N6O/c1-14-9-12-10-20-8-7-18(12)13-15-16-17-19(13)11-5-3-2-4-6-11/h2-6,12,14H,7-10H2,1H3. The highest BCUT2D eigenvalue weighted by Crippen LogP contribution is 2.19. The van der Waals surface area contributed by atoms with Crippen LogP contribution in [0, 0.1) is 0 Å². The fourth-order valence-corrected chi connectivity index (χ4v) is 2.42. The third-order valence-corrected chi connectivity index (χ3v) is 3.38. The van der Waals surface area contributed by atoms with E-state index in [2.05, 4.69) is 25.7 Å². The van der Waals surface area contributed by atoms with Crippen LogP contribution in [-0.2, 0) is 4.74 Å². The van der Waals surface area contributed by atoms with Crippen LogP contribution in [0.2, 0.25) is 0 Å². The van der Waals surface area contributed by atoms with Crippen molar-refractivity contribution in [2.45, 2.75) is 6.04 Å². The van der Waals surface area contributed by atoms with Gasteiger partial charge in [0.05, 0.1) is 24.9 Å². The first-order chi connectivity index (χ1) is 9.90. The highest BCUT2D eigenvalue weighted by Gasteiger charge is 2.27. The average Bonchev–Trinajstić information content (AvgIpc) is 2.98. The molecule has 0 saturated carbocycles. The van der Waals surface area contributed by atoms with Gasteiger partial charge in [0.25, 0.3) is 5.95 Å². The smallest absolute Gasteiger partial charge is 0.250 e.